The minimum Gasteiger partial charge on any atom is -0.285 e. The van der Waals surface area contributed by atoms with E-state index in [4.69, 9.17) is 5.73 Å². The van der Waals surface area contributed by atoms with Crippen LogP contribution in [-0.2, 0) is 0 Å². The molecule has 0 bridgehead atoms. The molecular weight excluding hydrogens is 150 g/mol. The van der Waals surface area contributed by atoms with Crippen molar-refractivity contribution in [2.45, 2.75) is 6.42 Å². The third-order valence-electron chi connectivity index (χ3n) is 1.86. The first-order valence-corrected chi connectivity index (χ1v) is 3.98. The normalized spacial score (nSPS) is 16.3. The highest BCUT2D eigenvalue weighted by molar-refractivity contribution is 5.83. The van der Waals surface area contributed by atoms with Crippen LogP contribution in [0.1, 0.15) is 6.42 Å². The number of hydrazone groups is 1. The Morgan fingerprint density at radius 1 is 1.25 bits per heavy atom. The topological polar surface area (TPSA) is 39.4 Å². The van der Waals surface area contributed by atoms with Crippen molar-refractivity contribution < 1.29 is 0 Å². The van der Waals surface area contributed by atoms with E-state index in [-0.39, 0.29) is 0 Å². The second-order valence-electron chi connectivity index (χ2n) is 2.76. The van der Waals surface area contributed by atoms with E-state index in [2.05, 4.69) is 5.10 Å². The maximum atomic E-state index is 7.32. The van der Waals surface area contributed by atoms with Gasteiger partial charge >= 0.3 is 0 Å². The predicted octanol–water partition coefficient (Wildman–Crippen LogP) is 1.49. The van der Waals surface area contributed by atoms with Gasteiger partial charge in [0.2, 0.25) is 0 Å². The Balaban J connectivity index is 2.22. The summed E-state index contributed by atoms with van der Waals surface area (Å²) in [6.45, 7) is 0.836. The molecule has 0 unspecified atom stereocenters. The smallest absolute Gasteiger partial charge is 0.143 e. The minimum atomic E-state index is 0.471. The monoisotopic (exact) mass is 160 g/mol. The Hall–Kier alpha value is -1.51. The van der Waals surface area contributed by atoms with Gasteiger partial charge in [0.05, 0.1) is 5.69 Å². The fourth-order valence-corrected chi connectivity index (χ4v) is 1.24. The largest absolute Gasteiger partial charge is 0.285 e. The van der Waals surface area contributed by atoms with E-state index in [1.54, 1.807) is 0 Å². The van der Waals surface area contributed by atoms with E-state index in [9.17, 15) is 0 Å². The lowest BCUT2D eigenvalue weighted by Crippen LogP contribution is -2.11. The van der Waals surface area contributed by atoms with E-state index in [0.29, 0.717) is 5.84 Å². The maximum Gasteiger partial charge on any atom is 0.143 e. The quantitative estimate of drug-likeness (QED) is 0.613. The number of rotatable bonds is 1. The Labute approximate surface area is 71.5 Å². The molecule has 0 aliphatic carbocycles. The van der Waals surface area contributed by atoms with E-state index in [0.717, 1.165) is 18.7 Å². The van der Waals surface area contributed by atoms with Crippen molar-refractivity contribution in [3.8, 4) is 0 Å². The van der Waals surface area contributed by atoms with Crippen molar-refractivity contribution in [2.24, 2.45) is 5.10 Å². The first-order chi connectivity index (χ1) is 5.86. The second kappa shape index (κ2) is 2.85. The lowest BCUT2D eigenvalue weighted by molar-refractivity contribution is 0.922. The zero-order chi connectivity index (χ0) is 8.39. The van der Waals surface area contributed by atoms with E-state index < -0.39 is 0 Å². The van der Waals surface area contributed by atoms with Crippen LogP contribution in [0.5, 0.6) is 0 Å². The fraction of sp³-hybridized carbons (Fsp3) is 0.222. The van der Waals surface area contributed by atoms with Crippen LogP contribution in [0, 0.1) is 0 Å². The summed E-state index contributed by atoms with van der Waals surface area (Å²) in [5.41, 5.74) is 8.39. The minimum absolute atomic E-state index is 0.471. The van der Waals surface area contributed by atoms with Gasteiger partial charge in [-0.2, -0.15) is 5.10 Å². The molecule has 2 rings (SSSR count). The number of benzene rings is 1. The average molecular weight is 160 g/mol. The standard InChI is InChI=1S/C9H10N3/c10-9-6-7-12(11-9)8-4-2-1-3-5-8/h1-5,10H,6-7H2. The highest BCUT2D eigenvalue weighted by Crippen LogP contribution is 2.17. The number of hydrogen-bond donors (Lipinski definition) is 0. The van der Waals surface area contributed by atoms with Crippen LogP contribution in [0.25, 0.3) is 0 Å². The van der Waals surface area contributed by atoms with Gasteiger partial charge in [-0.05, 0) is 12.1 Å². The predicted molar refractivity (Wildman–Crippen MR) is 48.9 cm³/mol. The van der Waals surface area contributed by atoms with Crippen molar-refractivity contribution in [1.29, 1.82) is 0 Å². The van der Waals surface area contributed by atoms with E-state index in [1.807, 2.05) is 35.3 Å². The summed E-state index contributed by atoms with van der Waals surface area (Å²) < 4.78 is 0. The Bertz CT molecular complexity index is 292. The molecule has 1 radical (unpaired) electrons. The summed E-state index contributed by atoms with van der Waals surface area (Å²) >= 11 is 0. The van der Waals surface area contributed by atoms with E-state index >= 15 is 0 Å². The molecule has 0 aromatic heterocycles. The van der Waals surface area contributed by atoms with Crippen LogP contribution < -0.4 is 10.7 Å². The highest BCUT2D eigenvalue weighted by Gasteiger charge is 2.12. The zero-order valence-electron chi connectivity index (χ0n) is 6.70. The average Bonchev–Trinajstić information content (AvgIpc) is 2.54. The number of anilines is 1. The van der Waals surface area contributed by atoms with Crippen molar-refractivity contribution in [1.82, 2.24) is 5.73 Å². The van der Waals surface area contributed by atoms with Gasteiger partial charge in [-0.3, -0.25) is 10.7 Å². The van der Waals surface area contributed by atoms with Gasteiger partial charge in [0.25, 0.3) is 0 Å². The van der Waals surface area contributed by atoms with Crippen molar-refractivity contribution in [3.63, 3.8) is 0 Å². The molecule has 12 heavy (non-hydrogen) atoms. The number of para-hydroxylation sites is 1. The summed E-state index contributed by atoms with van der Waals surface area (Å²) in [4.78, 5) is 0. The maximum absolute atomic E-state index is 7.32. The van der Waals surface area contributed by atoms with Gasteiger partial charge in [-0.15, -0.1) is 0 Å². The zero-order valence-corrected chi connectivity index (χ0v) is 6.70. The van der Waals surface area contributed by atoms with Gasteiger partial charge in [-0.25, -0.2) is 0 Å². The molecule has 1 heterocycles. The van der Waals surface area contributed by atoms with Crippen LogP contribution in [0.2, 0.25) is 0 Å². The molecular formula is C9H10N3. The lowest BCUT2D eigenvalue weighted by Gasteiger charge is -2.11. The van der Waals surface area contributed by atoms with E-state index in [1.165, 1.54) is 0 Å². The lowest BCUT2D eigenvalue weighted by atomic mass is 10.3. The molecule has 0 saturated carbocycles. The summed E-state index contributed by atoms with van der Waals surface area (Å²) in [5, 5.41) is 5.94. The number of nitrogens with one attached hydrogen (secondary N) is 1. The summed E-state index contributed by atoms with van der Waals surface area (Å²) in [7, 11) is 0. The summed E-state index contributed by atoms with van der Waals surface area (Å²) in [5.74, 6) is 0.471. The fourth-order valence-electron chi connectivity index (χ4n) is 1.24. The van der Waals surface area contributed by atoms with Crippen molar-refractivity contribution >= 4 is 11.5 Å². The molecule has 0 atom stereocenters. The summed E-state index contributed by atoms with van der Waals surface area (Å²) in [6, 6.07) is 9.94. The van der Waals surface area contributed by atoms with Crippen molar-refractivity contribution in [2.75, 3.05) is 11.6 Å². The van der Waals surface area contributed by atoms with Crippen LogP contribution in [0.4, 0.5) is 5.69 Å². The molecule has 0 fully saturated rings. The van der Waals surface area contributed by atoms with Crippen LogP contribution >= 0.6 is 0 Å². The Morgan fingerprint density at radius 2 is 2.00 bits per heavy atom. The number of hydrogen-bond acceptors (Lipinski definition) is 2. The molecule has 0 amide bonds. The Morgan fingerprint density at radius 3 is 2.58 bits per heavy atom. The van der Waals surface area contributed by atoms with Gasteiger partial charge in [-0.1, -0.05) is 18.2 Å². The molecule has 61 valence electrons. The molecule has 1 N–H and O–H groups in total. The molecule has 3 heteroatoms. The molecule has 1 aromatic rings. The Kier molecular flexibility index (Phi) is 1.70. The molecule has 1 aliphatic rings. The third kappa shape index (κ3) is 1.25. The number of nitrogens with zero attached hydrogens (tertiary/aromatic N) is 2. The molecule has 0 spiro atoms. The second-order valence-corrected chi connectivity index (χ2v) is 2.76. The number of amidine groups is 1. The van der Waals surface area contributed by atoms with Crippen LogP contribution in [0.3, 0.4) is 0 Å². The summed E-state index contributed by atoms with van der Waals surface area (Å²) in [6.07, 6.45) is 0.759. The third-order valence-corrected chi connectivity index (χ3v) is 1.86. The SMILES string of the molecule is [NH]C1=NN(c2ccccc2)CC1. The van der Waals surface area contributed by atoms with Gasteiger partial charge in [0.15, 0.2) is 0 Å². The van der Waals surface area contributed by atoms with Crippen LogP contribution in [0.15, 0.2) is 35.4 Å². The molecule has 1 aliphatic heterocycles. The van der Waals surface area contributed by atoms with Crippen LogP contribution in [-0.4, -0.2) is 12.4 Å². The van der Waals surface area contributed by atoms with Gasteiger partial charge in [0, 0.05) is 13.0 Å². The first-order valence-electron chi connectivity index (χ1n) is 3.98. The van der Waals surface area contributed by atoms with Gasteiger partial charge in [0.1, 0.15) is 5.84 Å². The molecule has 0 saturated heterocycles. The molecule has 1 aromatic carbocycles. The molecule has 3 nitrogen and oxygen atoms in total. The van der Waals surface area contributed by atoms with Crippen molar-refractivity contribution in [3.05, 3.63) is 30.3 Å². The first kappa shape index (κ1) is 7.16. The van der Waals surface area contributed by atoms with Gasteiger partial charge < -0.3 is 0 Å². The highest BCUT2D eigenvalue weighted by atomic mass is 15.5.